The quantitative estimate of drug-likeness (QED) is 0.871. The molecule has 6 heteroatoms. The van der Waals surface area contributed by atoms with E-state index in [2.05, 4.69) is 4.98 Å². The lowest BCUT2D eigenvalue weighted by Crippen LogP contribution is -2.24. The molecule has 0 aliphatic heterocycles. The van der Waals surface area contributed by atoms with Crippen molar-refractivity contribution in [2.75, 3.05) is 0 Å². The maximum atomic E-state index is 12.0. The standard InChI is InChI=1S/C16H16N2O4/c1-18-14(9-12(19)7-8-16(21)22)17-13(10-15(18)20)11-5-3-2-4-6-11/h2-6,10H,7-9H2,1H3,(H,21,22). The molecule has 6 nitrogen and oxygen atoms in total. The van der Waals surface area contributed by atoms with Gasteiger partial charge in [-0.25, -0.2) is 4.98 Å². The highest BCUT2D eigenvalue weighted by molar-refractivity contribution is 5.83. The number of Topliss-reactive ketones (excluding diaryl/α,β-unsaturated/α-hetero) is 1. The molecule has 22 heavy (non-hydrogen) atoms. The third kappa shape index (κ3) is 3.88. The number of ketones is 1. The first-order valence-corrected chi connectivity index (χ1v) is 6.83. The highest BCUT2D eigenvalue weighted by Crippen LogP contribution is 2.15. The lowest BCUT2D eigenvalue weighted by molar-refractivity contribution is -0.138. The Morgan fingerprint density at radius 3 is 2.50 bits per heavy atom. The lowest BCUT2D eigenvalue weighted by Gasteiger charge is -2.09. The average Bonchev–Trinajstić information content (AvgIpc) is 2.50. The molecule has 0 bridgehead atoms. The number of benzene rings is 1. The van der Waals surface area contributed by atoms with Crippen LogP contribution in [0.4, 0.5) is 0 Å². The zero-order valence-corrected chi connectivity index (χ0v) is 12.2. The van der Waals surface area contributed by atoms with Crippen molar-refractivity contribution >= 4 is 11.8 Å². The van der Waals surface area contributed by atoms with Crippen LogP contribution >= 0.6 is 0 Å². The maximum Gasteiger partial charge on any atom is 0.303 e. The third-order valence-corrected chi connectivity index (χ3v) is 3.27. The van der Waals surface area contributed by atoms with E-state index in [0.29, 0.717) is 11.5 Å². The number of aromatic nitrogens is 2. The van der Waals surface area contributed by atoms with E-state index < -0.39 is 5.97 Å². The van der Waals surface area contributed by atoms with E-state index >= 15 is 0 Å². The monoisotopic (exact) mass is 300 g/mol. The third-order valence-electron chi connectivity index (χ3n) is 3.27. The SMILES string of the molecule is Cn1c(CC(=O)CCC(=O)O)nc(-c2ccccc2)cc1=O. The van der Waals surface area contributed by atoms with Gasteiger partial charge >= 0.3 is 5.97 Å². The number of rotatable bonds is 6. The number of carbonyl (C=O) groups is 2. The second kappa shape index (κ2) is 6.80. The Morgan fingerprint density at radius 1 is 1.18 bits per heavy atom. The minimum Gasteiger partial charge on any atom is -0.481 e. The molecule has 0 amide bonds. The molecule has 114 valence electrons. The molecule has 0 aliphatic rings. The summed E-state index contributed by atoms with van der Waals surface area (Å²) < 4.78 is 1.31. The van der Waals surface area contributed by atoms with Gasteiger partial charge in [0.15, 0.2) is 0 Å². The molecule has 0 unspecified atom stereocenters. The van der Waals surface area contributed by atoms with Crippen LogP contribution in [0.15, 0.2) is 41.2 Å². The van der Waals surface area contributed by atoms with Gasteiger partial charge in [-0.15, -0.1) is 0 Å². The smallest absolute Gasteiger partial charge is 0.303 e. The van der Waals surface area contributed by atoms with Gasteiger partial charge in [-0.3, -0.25) is 19.0 Å². The van der Waals surface area contributed by atoms with Gasteiger partial charge in [-0.2, -0.15) is 0 Å². The summed E-state index contributed by atoms with van der Waals surface area (Å²) in [4.78, 5) is 38.7. The second-order valence-electron chi connectivity index (χ2n) is 4.93. The molecule has 0 saturated carbocycles. The maximum absolute atomic E-state index is 12.0. The van der Waals surface area contributed by atoms with Crippen molar-refractivity contribution in [1.29, 1.82) is 0 Å². The van der Waals surface area contributed by atoms with Gasteiger partial charge in [0.2, 0.25) is 0 Å². The highest BCUT2D eigenvalue weighted by Gasteiger charge is 2.12. The van der Waals surface area contributed by atoms with E-state index in [4.69, 9.17) is 5.11 Å². The zero-order valence-electron chi connectivity index (χ0n) is 12.2. The van der Waals surface area contributed by atoms with Gasteiger partial charge in [0.1, 0.15) is 11.6 Å². The Balaban J connectivity index is 2.28. The van der Waals surface area contributed by atoms with Crippen molar-refractivity contribution in [2.45, 2.75) is 19.3 Å². The summed E-state index contributed by atoms with van der Waals surface area (Å²) in [7, 11) is 1.55. The summed E-state index contributed by atoms with van der Waals surface area (Å²) in [6.45, 7) is 0. The Hall–Kier alpha value is -2.76. The number of carboxylic acid groups (broad SMARTS) is 1. The number of carbonyl (C=O) groups excluding carboxylic acids is 1. The number of nitrogens with zero attached hydrogens (tertiary/aromatic N) is 2. The van der Waals surface area contributed by atoms with E-state index in [-0.39, 0.29) is 30.6 Å². The van der Waals surface area contributed by atoms with Gasteiger partial charge in [-0.05, 0) is 0 Å². The normalized spacial score (nSPS) is 10.4. The summed E-state index contributed by atoms with van der Waals surface area (Å²) in [6.07, 6.45) is -0.342. The molecule has 0 fully saturated rings. The minimum absolute atomic E-state index is 0.0559. The molecular weight excluding hydrogens is 284 g/mol. The van der Waals surface area contributed by atoms with Crippen molar-refractivity contribution < 1.29 is 14.7 Å². The zero-order chi connectivity index (χ0) is 16.1. The summed E-state index contributed by atoms with van der Waals surface area (Å²) in [6, 6.07) is 10.6. The Bertz CT molecular complexity index is 750. The summed E-state index contributed by atoms with van der Waals surface area (Å²) in [5, 5.41) is 8.60. The average molecular weight is 300 g/mol. The van der Waals surface area contributed by atoms with Gasteiger partial charge in [-0.1, -0.05) is 30.3 Å². The van der Waals surface area contributed by atoms with Crippen LogP contribution in [0, 0.1) is 0 Å². The second-order valence-corrected chi connectivity index (χ2v) is 4.93. The predicted octanol–water partition coefficient (Wildman–Crippen LogP) is 1.42. The van der Waals surface area contributed by atoms with Crippen LogP contribution < -0.4 is 5.56 Å². The molecule has 2 rings (SSSR count). The van der Waals surface area contributed by atoms with Crippen molar-refractivity contribution in [3.63, 3.8) is 0 Å². The molecular formula is C16H16N2O4. The van der Waals surface area contributed by atoms with Gasteiger partial charge in [0.25, 0.3) is 5.56 Å². The van der Waals surface area contributed by atoms with E-state index in [1.807, 2.05) is 30.3 Å². The van der Waals surface area contributed by atoms with Crippen LogP contribution in [0.3, 0.4) is 0 Å². The molecule has 1 aromatic heterocycles. The van der Waals surface area contributed by atoms with Gasteiger partial charge in [0.05, 0.1) is 18.5 Å². The van der Waals surface area contributed by atoms with Gasteiger partial charge in [0, 0.05) is 25.1 Å². The number of hydrogen-bond acceptors (Lipinski definition) is 4. The molecule has 0 atom stereocenters. The van der Waals surface area contributed by atoms with Crippen LogP contribution in [-0.2, 0) is 23.1 Å². The van der Waals surface area contributed by atoms with Crippen molar-refractivity contribution in [1.82, 2.24) is 9.55 Å². The summed E-state index contributed by atoms with van der Waals surface area (Å²) in [5.74, 6) is -0.940. The van der Waals surface area contributed by atoms with Gasteiger partial charge < -0.3 is 5.11 Å². The van der Waals surface area contributed by atoms with Crippen LogP contribution in [0.2, 0.25) is 0 Å². The van der Waals surface area contributed by atoms with E-state index in [9.17, 15) is 14.4 Å². The minimum atomic E-state index is -1.02. The highest BCUT2D eigenvalue weighted by atomic mass is 16.4. The number of carboxylic acids is 1. The van der Waals surface area contributed by atoms with E-state index in [0.717, 1.165) is 5.56 Å². The van der Waals surface area contributed by atoms with Crippen LogP contribution in [0.5, 0.6) is 0 Å². The Morgan fingerprint density at radius 2 is 1.86 bits per heavy atom. The topological polar surface area (TPSA) is 89.3 Å². The summed E-state index contributed by atoms with van der Waals surface area (Å²) in [5.41, 5.74) is 1.04. The molecule has 0 aliphatic carbocycles. The van der Waals surface area contributed by atoms with Crippen LogP contribution in [0.1, 0.15) is 18.7 Å². The lowest BCUT2D eigenvalue weighted by atomic mass is 10.1. The van der Waals surface area contributed by atoms with E-state index in [1.165, 1.54) is 10.6 Å². The molecule has 0 spiro atoms. The fraction of sp³-hybridized carbons (Fsp3) is 0.250. The van der Waals surface area contributed by atoms with Crippen molar-refractivity contribution in [2.24, 2.45) is 7.05 Å². The molecule has 2 aromatic rings. The first-order chi connectivity index (χ1) is 10.5. The Labute approximate surface area is 127 Å². The summed E-state index contributed by atoms with van der Waals surface area (Å²) >= 11 is 0. The fourth-order valence-corrected chi connectivity index (χ4v) is 2.01. The molecule has 1 heterocycles. The molecule has 1 aromatic carbocycles. The van der Waals surface area contributed by atoms with Crippen LogP contribution in [-0.4, -0.2) is 26.4 Å². The fourth-order valence-electron chi connectivity index (χ4n) is 2.01. The van der Waals surface area contributed by atoms with Crippen LogP contribution in [0.25, 0.3) is 11.3 Å². The number of aliphatic carboxylic acids is 1. The molecule has 0 saturated heterocycles. The first kappa shape index (κ1) is 15.6. The largest absolute Gasteiger partial charge is 0.481 e. The first-order valence-electron chi connectivity index (χ1n) is 6.83. The molecule has 0 radical (unpaired) electrons. The van der Waals surface area contributed by atoms with Crippen molar-refractivity contribution in [3.05, 3.63) is 52.6 Å². The van der Waals surface area contributed by atoms with Crippen molar-refractivity contribution in [3.8, 4) is 11.3 Å². The Kier molecular flexibility index (Phi) is 4.83. The molecule has 1 N–H and O–H groups in total. The number of hydrogen-bond donors (Lipinski definition) is 1. The van der Waals surface area contributed by atoms with E-state index in [1.54, 1.807) is 7.05 Å². The predicted molar refractivity (Wildman–Crippen MR) is 80.5 cm³/mol.